The third-order valence-electron chi connectivity index (χ3n) is 2.86. The molecule has 0 radical (unpaired) electrons. The molecular weight excluding hydrogens is 228 g/mol. The molecule has 1 N–H and O–H groups in total. The first kappa shape index (κ1) is 12.8. The zero-order valence-corrected chi connectivity index (χ0v) is 11.4. The maximum Gasteiger partial charge on any atom is 0.148 e. The first-order valence-corrected chi connectivity index (χ1v) is 6.15. The molecule has 0 unspecified atom stereocenters. The maximum absolute atomic E-state index is 4.50. The van der Waals surface area contributed by atoms with Crippen LogP contribution in [0.4, 0.5) is 0 Å². The fraction of sp³-hybridized carbons (Fsp3) is 0.583. The molecule has 0 atom stereocenters. The van der Waals surface area contributed by atoms with Crippen LogP contribution in [0.3, 0.4) is 0 Å². The molecule has 0 spiro atoms. The molecule has 0 saturated heterocycles. The summed E-state index contributed by atoms with van der Waals surface area (Å²) in [6, 6.07) is 0.478. The van der Waals surface area contributed by atoms with E-state index < -0.39 is 0 Å². The van der Waals surface area contributed by atoms with Gasteiger partial charge in [0.1, 0.15) is 18.7 Å². The largest absolute Gasteiger partial charge is 0.310 e. The molecule has 18 heavy (non-hydrogen) atoms. The zero-order chi connectivity index (χ0) is 13.1. The Balaban J connectivity index is 2.07. The van der Waals surface area contributed by atoms with E-state index in [9.17, 15) is 0 Å². The summed E-state index contributed by atoms with van der Waals surface area (Å²) in [5, 5.41) is 12.0. The van der Waals surface area contributed by atoms with Gasteiger partial charge < -0.3 is 5.32 Å². The molecule has 0 aliphatic heterocycles. The van der Waals surface area contributed by atoms with E-state index in [1.807, 2.05) is 18.7 Å². The van der Waals surface area contributed by atoms with Gasteiger partial charge in [-0.25, -0.2) is 4.98 Å². The lowest BCUT2D eigenvalue weighted by molar-refractivity contribution is 0.585. The topological polar surface area (TPSA) is 60.6 Å². The van der Waals surface area contributed by atoms with Gasteiger partial charge in [-0.05, 0) is 6.92 Å². The summed E-state index contributed by atoms with van der Waals surface area (Å²) in [6.45, 7) is 7.81. The van der Waals surface area contributed by atoms with Gasteiger partial charge in [-0.2, -0.15) is 10.2 Å². The second-order valence-electron chi connectivity index (χ2n) is 4.77. The lowest BCUT2D eigenvalue weighted by Crippen LogP contribution is -2.21. The molecule has 0 bridgehead atoms. The molecule has 0 fully saturated rings. The van der Waals surface area contributed by atoms with E-state index in [4.69, 9.17) is 0 Å². The summed E-state index contributed by atoms with van der Waals surface area (Å²) in [6.07, 6.45) is 3.63. The third-order valence-corrected chi connectivity index (χ3v) is 2.86. The SMILES string of the molecule is Cc1nn(Cc2ncnn2C)cc1CNC(C)C. The average Bonchev–Trinajstić information content (AvgIpc) is 2.84. The summed E-state index contributed by atoms with van der Waals surface area (Å²) in [5.74, 6) is 0.904. The van der Waals surface area contributed by atoms with Crippen LogP contribution in [0.15, 0.2) is 12.5 Å². The van der Waals surface area contributed by atoms with Gasteiger partial charge in [-0.15, -0.1) is 0 Å². The van der Waals surface area contributed by atoms with Crippen molar-refractivity contribution in [3.63, 3.8) is 0 Å². The zero-order valence-electron chi connectivity index (χ0n) is 11.4. The van der Waals surface area contributed by atoms with Crippen molar-refractivity contribution in [3.05, 3.63) is 29.6 Å². The number of hydrogen-bond acceptors (Lipinski definition) is 4. The standard InChI is InChI=1S/C12H20N6/c1-9(2)13-5-11-6-18(16-10(11)3)7-12-14-8-15-17(12)4/h6,8-9,13H,5,7H2,1-4H3. The lowest BCUT2D eigenvalue weighted by Gasteiger charge is -2.06. The van der Waals surface area contributed by atoms with Crippen molar-refractivity contribution in [1.82, 2.24) is 29.9 Å². The minimum atomic E-state index is 0.478. The molecule has 2 rings (SSSR count). The second kappa shape index (κ2) is 5.30. The van der Waals surface area contributed by atoms with Gasteiger partial charge in [0.2, 0.25) is 0 Å². The molecule has 0 aromatic carbocycles. The van der Waals surface area contributed by atoms with Crippen molar-refractivity contribution < 1.29 is 0 Å². The number of rotatable bonds is 5. The Labute approximate surface area is 107 Å². The lowest BCUT2D eigenvalue weighted by atomic mass is 10.2. The van der Waals surface area contributed by atoms with Crippen molar-refractivity contribution in [2.45, 2.75) is 39.9 Å². The Bertz CT molecular complexity index is 510. The minimum absolute atomic E-state index is 0.478. The molecule has 0 aliphatic rings. The van der Waals surface area contributed by atoms with Crippen LogP contribution >= 0.6 is 0 Å². The summed E-state index contributed by atoms with van der Waals surface area (Å²) in [7, 11) is 1.89. The van der Waals surface area contributed by atoms with Crippen LogP contribution in [0.25, 0.3) is 0 Å². The summed E-state index contributed by atoms with van der Waals surface area (Å²) < 4.78 is 3.68. The van der Waals surface area contributed by atoms with Gasteiger partial charge in [0.15, 0.2) is 0 Å². The fourth-order valence-corrected chi connectivity index (χ4v) is 1.74. The van der Waals surface area contributed by atoms with Gasteiger partial charge in [0.05, 0.1) is 5.69 Å². The van der Waals surface area contributed by atoms with Crippen LogP contribution in [0, 0.1) is 6.92 Å². The molecule has 6 heteroatoms. The van der Waals surface area contributed by atoms with Crippen LogP contribution in [0.1, 0.15) is 30.9 Å². The Morgan fingerprint density at radius 2 is 2.17 bits per heavy atom. The molecule has 0 amide bonds. The number of hydrogen-bond donors (Lipinski definition) is 1. The first-order valence-electron chi connectivity index (χ1n) is 6.15. The Hall–Kier alpha value is -1.69. The van der Waals surface area contributed by atoms with Gasteiger partial charge in [0, 0.05) is 31.4 Å². The van der Waals surface area contributed by atoms with E-state index in [0.29, 0.717) is 12.6 Å². The van der Waals surface area contributed by atoms with Crippen molar-refractivity contribution in [2.75, 3.05) is 0 Å². The highest BCUT2D eigenvalue weighted by Gasteiger charge is 2.08. The van der Waals surface area contributed by atoms with E-state index in [0.717, 1.165) is 18.1 Å². The summed E-state index contributed by atoms with van der Waals surface area (Å²) in [4.78, 5) is 4.20. The Morgan fingerprint density at radius 3 is 2.78 bits per heavy atom. The molecule has 2 heterocycles. The van der Waals surface area contributed by atoms with Crippen molar-refractivity contribution in [1.29, 1.82) is 0 Å². The van der Waals surface area contributed by atoms with Crippen LogP contribution < -0.4 is 5.32 Å². The Kier molecular flexibility index (Phi) is 3.76. The highest BCUT2D eigenvalue weighted by atomic mass is 15.4. The second-order valence-corrected chi connectivity index (χ2v) is 4.77. The molecule has 0 aliphatic carbocycles. The molecule has 6 nitrogen and oxygen atoms in total. The van der Waals surface area contributed by atoms with Crippen LogP contribution in [-0.2, 0) is 20.1 Å². The fourth-order valence-electron chi connectivity index (χ4n) is 1.74. The van der Waals surface area contributed by atoms with Gasteiger partial charge >= 0.3 is 0 Å². The van der Waals surface area contributed by atoms with E-state index in [1.165, 1.54) is 5.56 Å². The minimum Gasteiger partial charge on any atom is -0.310 e. The molecule has 0 saturated carbocycles. The van der Waals surface area contributed by atoms with E-state index in [1.54, 1.807) is 11.0 Å². The normalized spacial score (nSPS) is 11.4. The molecule has 2 aromatic rings. The predicted molar refractivity (Wildman–Crippen MR) is 69.0 cm³/mol. The van der Waals surface area contributed by atoms with Crippen molar-refractivity contribution in [2.24, 2.45) is 7.05 Å². The quantitative estimate of drug-likeness (QED) is 0.853. The highest BCUT2D eigenvalue weighted by molar-refractivity contribution is 5.15. The number of aryl methyl sites for hydroxylation is 2. The van der Waals surface area contributed by atoms with Gasteiger partial charge in [-0.1, -0.05) is 13.8 Å². The molecular formula is C12H20N6. The Morgan fingerprint density at radius 1 is 1.39 bits per heavy atom. The van der Waals surface area contributed by atoms with E-state index in [-0.39, 0.29) is 0 Å². The van der Waals surface area contributed by atoms with Crippen LogP contribution in [0.5, 0.6) is 0 Å². The summed E-state index contributed by atoms with van der Waals surface area (Å²) in [5.41, 5.74) is 2.29. The predicted octanol–water partition coefficient (Wildman–Crippen LogP) is 0.866. The van der Waals surface area contributed by atoms with Crippen LogP contribution in [0.2, 0.25) is 0 Å². The summed E-state index contributed by atoms with van der Waals surface area (Å²) >= 11 is 0. The first-order chi connectivity index (χ1) is 8.56. The maximum atomic E-state index is 4.50. The molecule has 98 valence electrons. The third kappa shape index (κ3) is 2.95. The highest BCUT2D eigenvalue weighted by Crippen LogP contribution is 2.07. The smallest absolute Gasteiger partial charge is 0.148 e. The van der Waals surface area contributed by atoms with Gasteiger partial charge in [0.25, 0.3) is 0 Å². The number of nitrogens with zero attached hydrogens (tertiary/aromatic N) is 5. The number of aromatic nitrogens is 5. The monoisotopic (exact) mass is 248 g/mol. The average molecular weight is 248 g/mol. The van der Waals surface area contributed by atoms with Crippen molar-refractivity contribution >= 4 is 0 Å². The number of nitrogens with one attached hydrogen (secondary N) is 1. The molecule has 2 aromatic heterocycles. The van der Waals surface area contributed by atoms with Crippen LogP contribution in [-0.4, -0.2) is 30.6 Å². The van der Waals surface area contributed by atoms with Gasteiger partial charge in [-0.3, -0.25) is 9.36 Å². The van der Waals surface area contributed by atoms with E-state index in [2.05, 4.69) is 40.5 Å². The van der Waals surface area contributed by atoms with Crippen molar-refractivity contribution in [3.8, 4) is 0 Å². The van der Waals surface area contributed by atoms with E-state index >= 15 is 0 Å².